The van der Waals surface area contributed by atoms with Gasteiger partial charge in [0.2, 0.25) is 0 Å². The molecule has 2 nitrogen and oxygen atoms in total. The molecule has 0 N–H and O–H groups in total. The van der Waals surface area contributed by atoms with Crippen LogP contribution in [0.1, 0.15) is 47.3 Å². The summed E-state index contributed by atoms with van der Waals surface area (Å²) in [5, 5.41) is 0.496. The molecule has 0 aliphatic carbocycles. The average Bonchev–Trinajstić information content (AvgIpc) is 2.78. The minimum absolute atomic E-state index is 0.153. The third-order valence-electron chi connectivity index (χ3n) is 6.29. The molecule has 1 heterocycles. The number of hydrogen-bond acceptors (Lipinski definition) is 2. The molecule has 1 fully saturated rings. The molecule has 1 aliphatic heterocycles. The van der Waals surface area contributed by atoms with Gasteiger partial charge in [0.1, 0.15) is 5.82 Å². The molecule has 3 aromatic rings. The van der Waals surface area contributed by atoms with Crippen molar-refractivity contribution in [2.45, 2.75) is 45.9 Å². The second-order valence-corrected chi connectivity index (χ2v) is 8.83. The normalized spacial score (nSPS) is 17.7. The first-order valence-corrected chi connectivity index (χ1v) is 11.5. The Morgan fingerprint density at radius 3 is 2.23 bits per heavy atom. The van der Waals surface area contributed by atoms with Crippen LogP contribution in [0.4, 0.5) is 4.39 Å². The molecule has 4 rings (SSSR count). The second kappa shape index (κ2) is 9.95. The number of hydrogen-bond donors (Lipinski definition) is 0. The fourth-order valence-corrected chi connectivity index (χ4v) is 4.73. The number of halogens is 2. The van der Waals surface area contributed by atoms with Crippen LogP contribution in [0.5, 0.6) is 0 Å². The maximum Gasteiger partial charge on any atom is 0.124 e. The van der Waals surface area contributed by atoms with E-state index in [1.165, 1.54) is 34.4 Å². The van der Waals surface area contributed by atoms with Crippen LogP contribution in [-0.4, -0.2) is 22.9 Å². The zero-order valence-electron chi connectivity index (χ0n) is 18.3. The van der Waals surface area contributed by atoms with Gasteiger partial charge in [0, 0.05) is 31.2 Å². The van der Waals surface area contributed by atoms with Crippen molar-refractivity contribution in [3.8, 4) is 0 Å². The molecule has 0 spiro atoms. The molecular formula is C27H30ClFN2. The molecule has 1 saturated heterocycles. The monoisotopic (exact) mass is 436 g/mol. The summed E-state index contributed by atoms with van der Waals surface area (Å²) in [6.45, 7) is 7.99. The van der Waals surface area contributed by atoms with Crippen LogP contribution < -0.4 is 0 Å². The van der Waals surface area contributed by atoms with Crippen LogP contribution in [0, 0.1) is 12.7 Å². The van der Waals surface area contributed by atoms with Crippen molar-refractivity contribution in [1.82, 2.24) is 9.80 Å². The molecular weight excluding hydrogens is 407 g/mol. The van der Waals surface area contributed by atoms with E-state index in [9.17, 15) is 4.39 Å². The first kappa shape index (κ1) is 22.0. The molecule has 4 heteroatoms. The molecule has 162 valence electrons. The van der Waals surface area contributed by atoms with Crippen molar-refractivity contribution in [2.75, 3.05) is 13.1 Å². The van der Waals surface area contributed by atoms with Crippen LogP contribution in [0.25, 0.3) is 0 Å². The highest BCUT2D eigenvalue weighted by Crippen LogP contribution is 2.33. The number of benzene rings is 3. The van der Waals surface area contributed by atoms with Gasteiger partial charge in [0.15, 0.2) is 0 Å². The van der Waals surface area contributed by atoms with Crippen LogP contribution in [0.2, 0.25) is 5.02 Å². The lowest BCUT2D eigenvalue weighted by Crippen LogP contribution is -2.47. The van der Waals surface area contributed by atoms with E-state index in [1.807, 2.05) is 6.07 Å². The Morgan fingerprint density at radius 2 is 1.58 bits per heavy atom. The predicted molar refractivity (Wildman–Crippen MR) is 127 cm³/mol. The standard InChI is InChI=1S/C27H30ClFN2/c1-3-21-9-11-22(12-10-21)27-30(18-23-8-5-4-7-20(23)2)15-6-16-31(27)19-24-13-14-25(29)17-26(24)28/h4-5,7-14,17,27H,3,6,15-16,18-19H2,1-2H3. The van der Waals surface area contributed by atoms with Gasteiger partial charge < -0.3 is 0 Å². The quantitative estimate of drug-likeness (QED) is 0.421. The van der Waals surface area contributed by atoms with Gasteiger partial charge in [0.25, 0.3) is 0 Å². The lowest BCUT2D eigenvalue weighted by Gasteiger charge is -2.44. The molecule has 3 aromatic carbocycles. The molecule has 31 heavy (non-hydrogen) atoms. The molecule has 0 bridgehead atoms. The van der Waals surface area contributed by atoms with E-state index in [0.717, 1.165) is 38.0 Å². The van der Waals surface area contributed by atoms with Crippen molar-refractivity contribution in [2.24, 2.45) is 0 Å². The first-order valence-electron chi connectivity index (χ1n) is 11.1. The summed E-state index contributed by atoms with van der Waals surface area (Å²) in [6.07, 6.45) is 2.28. The van der Waals surface area contributed by atoms with Crippen molar-refractivity contribution in [3.05, 3.63) is 105 Å². The topological polar surface area (TPSA) is 6.48 Å². The number of aryl methyl sites for hydroxylation is 2. The van der Waals surface area contributed by atoms with Gasteiger partial charge in [-0.25, -0.2) is 4.39 Å². The van der Waals surface area contributed by atoms with Gasteiger partial charge >= 0.3 is 0 Å². The van der Waals surface area contributed by atoms with E-state index in [4.69, 9.17) is 11.6 Å². The molecule has 0 aromatic heterocycles. The molecule has 1 unspecified atom stereocenters. The summed E-state index contributed by atoms with van der Waals surface area (Å²) in [4.78, 5) is 5.03. The van der Waals surface area contributed by atoms with Crippen LogP contribution >= 0.6 is 11.6 Å². The minimum atomic E-state index is -0.291. The Bertz CT molecular complexity index is 1020. The fraction of sp³-hybridized carbons (Fsp3) is 0.333. The van der Waals surface area contributed by atoms with E-state index in [-0.39, 0.29) is 12.0 Å². The molecule has 0 radical (unpaired) electrons. The van der Waals surface area contributed by atoms with Crippen LogP contribution in [-0.2, 0) is 19.5 Å². The zero-order chi connectivity index (χ0) is 21.8. The summed E-state index contributed by atoms with van der Waals surface area (Å²) in [5.41, 5.74) is 6.29. The first-order chi connectivity index (χ1) is 15.0. The van der Waals surface area contributed by atoms with E-state index < -0.39 is 0 Å². The Hall–Kier alpha value is -2.20. The van der Waals surface area contributed by atoms with Crippen molar-refractivity contribution in [3.63, 3.8) is 0 Å². The summed E-state index contributed by atoms with van der Waals surface area (Å²) in [5.74, 6) is -0.291. The van der Waals surface area contributed by atoms with E-state index in [1.54, 1.807) is 0 Å². The highest BCUT2D eigenvalue weighted by atomic mass is 35.5. The predicted octanol–water partition coefficient (Wildman–Crippen LogP) is 6.76. The lowest BCUT2D eigenvalue weighted by atomic mass is 10.0. The van der Waals surface area contributed by atoms with Gasteiger partial charge in [-0.05, 0) is 59.7 Å². The van der Waals surface area contributed by atoms with Crippen molar-refractivity contribution in [1.29, 1.82) is 0 Å². The molecule has 0 saturated carbocycles. The van der Waals surface area contributed by atoms with Crippen molar-refractivity contribution < 1.29 is 4.39 Å². The zero-order valence-corrected chi connectivity index (χ0v) is 19.1. The van der Waals surface area contributed by atoms with Gasteiger partial charge in [0.05, 0.1) is 6.17 Å². The van der Waals surface area contributed by atoms with Gasteiger partial charge in [-0.1, -0.05) is 73.1 Å². The average molecular weight is 437 g/mol. The minimum Gasteiger partial charge on any atom is -0.280 e. The van der Waals surface area contributed by atoms with E-state index in [0.29, 0.717) is 11.6 Å². The Balaban J connectivity index is 1.67. The lowest BCUT2D eigenvalue weighted by molar-refractivity contribution is -0.00918. The largest absolute Gasteiger partial charge is 0.280 e. The Labute approximate surface area is 190 Å². The van der Waals surface area contributed by atoms with Crippen molar-refractivity contribution >= 4 is 11.6 Å². The van der Waals surface area contributed by atoms with Gasteiger partial charge in [-0.3, -0.25) is 9.80 Å². The highest BCUT2D eigenvalue weighted by molar-refractivity contribution is 6.31. The van der Waals surface area contributed by atoms with Crippen LogP contribution in [0.15, 0.2) is 66.7 Å². The summed E-state index contributed by atoms with van der Waals surface area (Å²) >= 11 is 6.39. The van der Waals surface area contributed by atoms with Crippen LogP contribution in [0.3, 0.4) is 0 Å². The molecule has 0 amide bonds. The maximum atomic E-state index is 13.6. The Kier molecular flexibility index (Phi) is 7.06. The third kappa shape index (κ3) is 5.17. The highest BCUT2D eigenvalue weighted by Gasteiger charge is 2.31. The summed E-state index contributed by atoms with van der Waals surface area (Å²) in [7, 11) is 0. The number of nitrogens with zero attached hydrogens (tertiary/aromatic N) is 2. The smallest absolute Gasteiger partial charge is 0.124 e. The van der Waals surface area contributed by atoms with E-state index >= 15 is 0 Å². The number of rotatable bonds is 6. The van der Waals surface area contributed by atoms with Gasteiger partial charge in [-0.2, -0.15) is 0 Å². The molecule has 1 aliphatic rings. The third-order valence-corrected chi connectivity index (χ3v) is 6.64. The fourth-order valence-electron chi connectivity index (χ4n) is 4.51. The SMILES string of the molecule is CCc1ccc(C2N(Cc3ccccc3C)CCCN2Cc2ccc(F)cc2Cl)cc1. The second-order valence-electron chi connectivity index (χ2n) is 8.43. The maximum absolute atomic E-state index is 13.6. The Morgan fingerprint density at radius 1 is 0.903 bits per heavy atom. The summed E-state index contributed by atoms with van der Waals surface area (Å²) in [6, 6.07) is 22.3. The molecule has 1 atom stereocenters. The van der Waals surface area contributed by atoms with E-state index in [2.05, 4.69) is 72.2 Å². The summed E-state index contributed by atoms with van der Waals surface area (Å²) < 4.78 is 13.6. The van der Waals surface area contributed by atoms with Gasteiger partial charge in [-0.15, -0.1) is 0 Å².